The lowest BCUT2D eigenvalue weighted by atomic mass is 10.0. The van der Waals surface area contributed by atoms with Gasteiger partial charge in [-0.1, -0.05) is 19.9 Å². The van der Waals surface area contributed by atoms with Crippen molar-refractivity contribution in [3.63, 3.8) is 0 Å². The Balaban J connectivity index is 1.72. The minimum absolute atomic E-state index is 0.0548. The Morgan fingerprint density at radius 2 is 2.00 bits per heavy atom. The first-order chi connectivity index (χ1) is 15.9. The third-order valence-electron chi connectivity index (χ3n) is 5.48. The second-order valence-electron chi connectivity index (χ2n) is 8.85. The number of anilines is 1. The molecule has 1 aliphatic carbocycles. The number of aryl methyl sites for hydroxylation is 1. The molecule has 0 unspecified atom stereocenters. The highest BCUT2D eigenvalue weighted by molar-refractivity contribution is 5.97. The molecule has 4 N–H and O–H groups in total. The Labute approximate surface area is 192 Å². The van der Waals surface area contributed by atoms with E-state index in [4.69, 9.17) is 5.11 Å². The lowest BCUT2D eigenvalue weighted by molar-refractivity contribution is 0.0934. The van der Waals surface area contributed by atoms with Gasteiger partial charge in [0.1, 0.15) is 0 Å². The largest absolute Gasteiger partial charge is 0.395 e. The molecule has 0 spiro atoms. The lowest BCUT2D eigenvalue weighted by Crippen LogP contribution is -2.28. The molecular formula is C24H30N6O3. The number of hydrogen-bond donors (Lipinski definition) is 4. The lowest BCUT2D eigenvalue weighted by Gasteiger charge is -2.13. The number of fused-ring (bicyclic) bond motifs is 1. The maximum absolute atomic E-state index is 12.6. The quantitative estimate of drug-likeness (QED) is 0.397. The van der Waals surface area contributed by atoms with E-state index in [1.54, 1.807) is 16.8 Å². The second-order valence-corrected chi connectivity index (χ2v) is 8.85. The summed E-state index contributed by atoms with van der Waals surface area (Å²) in [5.41, 5.74) is 4.60. The molecule has 174 valence electrons. The molecule has 4 rings (SSSR count). The summed E-state index contributed by atoms with van der Waals surface area (Å²) in [7, 11) is 0. The normalized spacial score (nSPS) is 13.4. The third-order valence-corrected chi connectivity index (χ3v) is 5.48. The van der Waals surface area contributed by atoms with Crippen LogP contribution in [-0.4, -0.2) is 57.3 Å². The molecule has 1 saturated carbocycles. The van der Waals surface area contributed by atoms with Gasteiger partial charge in [0.15, 0.2) is 11.3 Å². The predicted molar refractivity (Wildman–Crippen MR) is 126 cm³/mol. The van der Waals surface area contributed by atoms with Crippen molar-refractivity contribution in [2.45, 2.75) is 39.7 Å². The molecule has 2 amide bonds. The number of rotatable bonds is 9. The van der Waals surface area contributed by atoms with Crippen molar-refractivity contribution < 1.29 is 14.7 Å². The van der Waals surface area contributed by atoms with Crippen LogP contribution in [0.1, 0.15) is 53.1 Å². The molecule has 0 bridgehead atoms. The number of amides is 2. The van der Waals surface area contributed by atoms with E-state index in [1.165, 1.54) is 0 Å². The smallest absolute Gasteiger partial charge is 0.271 e. The number of aliphatic hydroxyl groups excluding tert-OH is 1. The summed E-state index contributed by atoms with van der Waals surface area (Å²) in [5, 5.41) is 22.6. The molecule has 33 heavy (non-hydrogen) atoms. The van der Waals surface area contributed by atoms with E-state index in [0.29, 0.717) is 41.1 Å². The summed E-state index contributed by atoms with van der Waals surface area (Å²) in [6.07, 6.45) is 3.80. The average molecular weight is 451 g/mol. The number of nitrogens with zero attached hydrogens (tertiary/aromatic N) is 3. The van der Waals surface area contributed by atoms with E-state index in [9.17, 15) is 9.59 Å². The molecule has 1 aromatic carbocycles. The van der Waals surface area contributed by atoms with Crippen LogP contribution in [0.25, 0.3) is 16.9 Å². The summed E-state index contributed by atoms with van der Waals surface area (Å²) in [6.45, 7) is 6.81. The molecule has 1 fully saturated rings. The van der Waals surface area contributed by atoms with E-state index >= 15 is 0 Å². The Morgan fingerprint density at radius 3 is 2.67 bits per heavy atom. The van der Waals surface area contributed by atoms with Gasteiger partial charge in [0.05, 0.1) is 24.2 Å². The van der Waals surface area contributed by atoms with Gasteiger partial charge in [0, 0.05) is 30.3 Å². The van der Waals surface area contributed by atoms with Gasteiger partial charge in [-0.15, -0.1) is 0 Å². The number of carbonyl (C=O) groups is 2. The van der Waals surface area contributed by atoms with Crippen LogP contribution in [0.2, 0.25) is 0 Å². The molecule has 0 radical (unpaired) electrons. The number of aliphatic hydroxyl groups is 1. The van der Waals surface area contributed by atoms with Gasteiger partial charge in [-0.05, 0) is 49.4 Å². The molecule has 3 aromatic rings. The van der Waals surface area contributed by atoms with Crippen molar-refractivity contribution in [1.82, 2.24) is 25.2 Å². The average Bonchev–Trinajstić information content (AvgIpc) is 3.50. The summed E-state index contributed by atoms with van der Waals surface area (Å²) in [4.78, 5) is 29.6. The van der Waals surface area contributed by atoms with E-state index in [1.807, 2.05) is 25.1 Å². The molecule has 9 nitrogen and oxygen atoms in total. The number of hydrogen-bond acceptors (Lipinski definition) is 6. The first-order valence-corrected chi connectivity index (χ1v) is 11.3. The van der Waals surface area contributed by atoms with Crippen LogP contribution >= 0.6 is 0 Å². The fourth-order valence-electron chi connectivity index (χ4n) is 3.55. The second kappa shape index (κ2) is 9.58. The van der Waals surface area contributed by atoms with Crippen LogP contribution in [0.3, 0.4) is 0 Å². The number of aromatic nitrogens is 3. The van der Waals surface area contributed by atoms with Gasteiger partial charge in [-0.3, -0.25) is 9.59 Å². The molecule has 0 saturated heterocycles. The minimum Gasteiger partial charge on any atom is -0.395 e. The predicted octanol–water partition coefficient (Wildman–Crippen LogP) is 2.39. The Morgan fingerprint density at radius 1 is 1.21 bits per heavy atom. The van der Waals surface area contributed by atoms with Crippen molar-refractivity contribution in [2.75, 3.05) is 25.0 Å². The van der Waals surface area contributed by atoms with Gasteiger partial charge in [0.2, 0.25) is 0 Å². The zero-order valence-electron chi connectivity index (χ0n) is 19.2. The topological polar surface area (TPSA) is 121 Å². The van der Waals surface area contributed by atoms with Crippen molar-refractivity contribution in [3.8, 4) is 11.3 Å². The van der Waals surface area contributed by atoms with Crippen molar-refractivity contribution >= 4 is 23.1 Å². The van der Waals surface area contributed by atoms with Gasteiger partial charge >= 0.3 is 0 Å². The Hall–Kier alpha value is -3.46. The maximum atomic E-state index is 12.6. The zero-order chi connectivity index (χ0) is 23.5. The molecular weight excluding hydrogens is 420 g/mol. The van der Waals surface area contributed by atoms with Gasteiger partial charge in [-0.25, -0.2) is 9.50 Å². The van der Waals surface area contributed by atoms with Crippen LogP contribution in [0.5, 0.6) is 0 Å². The van der Waals surface area contributed by atoms with Gasteiger partial charge < -0.3 is 21.1 Å². The monoisotopic (exact) mass is 450 g/mol. The molecule has 1 aliphatic rings. The first-order valence-electron chi connectivity index (χ1n) is 11.3. The number of carbonyl (C=O) groups excluding carboxylic acids is 2. The summed E-state index contributed by atoms with van der Waals surface area (Å²) >= 11 is 0. The van der Waals surface area contributed by atoms with Crippen molar-refractivity contribution in [1.29, 1.82) is 0 Å². The van der Waals surface area contributed by atoms with E-state index in [0.717, 1.165) is 24.0 Å². The molecule has 9 heteroatoms. The standard InChI is InChI=1S/C24H30N6O3/c1-14(2)12-26-19-11-20(24(33)25-8-9-31)29-30-21(13-27-22(19)30)16-4-7-18(15(3)10-16)23(32)28-17-5-6-17/h4,7,10-11,13-14,17,26,31H,5-6,8-9,12H2,1-3H3,(H,25,33)(H,28,32). The summed E-state index contributed by atoms with van der Waals surface area (Å²) < 4.78 is 1.65. The summed E-state index contributed by atoms with van der Waals surface area (Å²) in [5.74, 6) is -0.0291. The Kier molecular flexibility index (Phi) is 6.60. The first kappa shape index (κ1) is 22.7. The summed E-state index contributed by atoms with van der Waals surface area (Å²) in [6, 6.07) is 7.61. The molecule has 0 aliphatic heterocycles. The molecule has 2 heterocycles. The van der Waals surface area contributed by atoms with E-state index < -0.39 is 0 Å². The molecule has 0 atom stereocenters. The highest BCUT2D eigenvalue weighted by Crippen LogP contribution is 2.27. The number of imidazole rings is 1. The SMILES string of the molecule is Cc1cc(-c2cnc3c(NCC(C)C)cc(C(=O)NCCO)nn23)ccc1C(=O)NC1CC1. The van der Waals surface area contributed by atoms with Crippen LogP contribution < -0.4 is 16.0 Å². The number of benzene rings is 1. The fourth-order valence-corrected chi connectivity index (χ4v) is 3.55. The van der Waals surface area contributed by atoms with Crippen molar-refractivity contribution in [2.24, 2.45) is 5.92 Å². The van der Waals surface area contributed by atoms with Crippen molar-refractivity contribution in [3.05, 3.63) is 47.3 Å². The molecule has 2 aromatic heterocycles. The van der Waals surface area contributed by atoms with E-state index in [-0.39, 0.29) is 30.7 Å². The van der Waals surface area contributed by atoms with E-state index in [2.05, 4.69) is 39.9 Å². The maximum Gasteiger partial charge on any atom is 0.271 e. The third kappa shape index (κ3) is 5.14. The Bertz CT molecular complexity index is 1180. The fraction of sp³-hybridized carbons (Fsp3) is 0.417. The van der Waals surface area contributed by atoms with Crippen LogP contribution in [-0.2, 0) is 0 Å². The highest BCUT2D eigenvalue weighted by Gasteiger charge is 2.24. The number of nitrogens with one attached hydrogen (secondary N) is 3. The van der Waals surface area contributed by atoms with Gasteiger partial charge in [0.25, 0.3) is 11.8 Å². The van der Waals surface area contributed by atoms with Gasteiger partial charge in [-0.2, -0.15) is 5.10 Å². The highest BCUT2D eigenvalue weighted by atomic mass is 16.3. The zero-order valence-corrected chi connectivity index (χ0v) is 19.2. The van der Waals surface area contributed by atoms with Crippen LogP contribution in [0.15, 0.2) is 30.5 Å². The van der Waals surface area contributed by atoms with Crippen LogP contribution in [0, 0.1) is 12.8 Å². The van der Waals surface area contributed by atoms with Crippen LogP contribution in [0.4, 0.5) is 5.69 Å². The minimum atomic E-state index is -0.374.